The van der Waals surface area contributed by atoms with Crippen LogP contribution in [0, 0.1) is 12.3 Å². The van der Waals surface area contributed by atoms with Gasteiger partial charge < -0.3 is 15.2 Å². The molecule has 0 spiro atoms. The van der Waals surface area contributed by atoms with Crippen molar-refractivity contribution in [2.75, 3.05) is 7.11 Å². The van der Waals surface area contributed by atoms with E-state index < -0.39 is 0 Å². The molecule has 0 aliphatic heterocycles. The summed E-state index contributed by atoms with van der Waals surface area (Å²) in [6.45, 7) is 2.71. The van der Waals surface area contributed by atoms with Gasteiger partial charge in [0.05, 0.1) is 7.11 Å². The van der Waals surface area contributed by atoms with Crippen LogP contribution in [0.2, 0.25) is 0 Å². The van der Waals surface area contributed by atoms with Crippen LogP contribution in [-0.2, 0) is 6.54 Å². The number of aromatic hydroxyl groups is 1. The monoisotopic (exact) mass is 219 g/mol. The van der Waals surface area contributed by atoms with E-state index in [0.29, 0.717) is 18.7 Å². The summed E-state index contributed by atoms with van der Waals surface area (Å²) < 4.78 is 4.97. The van der Waals surface area contributed by atoms with E-state index >= 15 is 0 Å². The third-order valence-corrected chi connectivity index (χ3v) is 2.32. The van der Waals surface area contributed by atoms with Gasteiger partial charge in [-0.1, -0.05) is 6.07 Å². The fraction of sp³-hybridized carbons (Fsp3) is 0.385. The first-order valence-corrected chi connectivity index (χ1v) is 5.20. The van der Waals surface area contributed by atoms with Gasteiger partial charge in [0.1, 0.15) is 0 Å². The van der Waals surface area contributed by atoms with Crippen LogP contribution in [0.25, 0.3) is 0 Å². The standard InChI is InChI=1S/C13H17NO2/c1-4-5-10(2)14-9-11-6-7-13(16-3)12(15)8-11/h1,6-8,10,14-15H,5,9H2,2-3H3. The van der Waals surface area contributed by atoms with Crippen molar-refractivity contribution in [1.82, 2.24) is 5.32 Å². The topological polar surface area (TPSA) is 41.5 Å². The number of hydrogen-bond acceptors (Lipinski definition) is 3. The van der Waals surface area contributed by atoms with E-state index in [4.69, 9.17) is 11.2 Å². The molecule has 3 heteroatoms. The number of terminal acetylenes is 1. The number of benzene rings is 1. The van der Waals surface area contributed by atoms with Gasteiger partial charge >= 0.3 is 0 Å². The number of phenols is 1. The summed E-state index contributed by atoms with van der Waals surface area (Å²) in [6, 6.07) is 5.62. The van der Waals surface area contributed by atoms with E-state index in [-0.39, 0.29) is 11.8 Å². The predicted octanol–water partition coefficient (Wildman–Crippen LogP) is 1.90. The van der Waals surface area contributed by atoms with Crippen molar-refractivity contribution in [2.24, 2.45) is 0 Å². The third kappa shape index (κ3) is 3.48. The Hall–Kier alpha value is -1.66. The molecule has 0 bridgehead atoms. The minimum atomic E-state index is 0.159. The molecule has 0 saturated carbocycles. The molecule has 1 atom stereocenters. The highest BCUT2D eigenvalue weighted by molar-refractivity contribution is 5.41. The van der Waals surface area contributed by atoms with Gasteiger partial charge in [-0.3, -0.25) is 0 Å². The zero-order valence-electron chi connectivity index (χ0n) is 9.66. The summed E-state index contributed by atoms with van der Waals surface area (Å²) in [6.07, 6.45) is 5.91. The first-order chi connectivity index (χ1) is 7.67. The van der Waals surface area contributed by atoms with E-state index in [2.05, 4.69) is 11.2 Å². The first kappa shape index (κ1) is 12.4. The lowest BCUT2D eigenvalue weighted by atomic mass is 10.1. The van der Waals surface area contributed by atoms with Crippen LogP contribution in [-0.4, -0.2) is 18.3 Å². The van der Waals surface area contributed by atoms with E-state index in [1.807, 2.05) is 13.0 Å². The van der Waals surface area contributed by atoms with E-state index in [9.17, 15) is 5.11 Å². The molecular formula is C13H17NO2. The minimum absolute atomic E-state index is 0.159. The maximum atomic E-state index is 9.57. The number of nitrogens with one attached hydrogen (secondary N) is 1. The normalized spacial score (nSPS) is 11.8. The summed E-state index contributed by atoms with van der Waals surface area (Å²) >= 11 is 0. The highest BCUT2D eigenvalue weighted by atomic mass is 16.5. The zero-order valence-corrected chi connectivity index (χ0v) is 9.66. The predicted molar refractivity (Wildman–Crippen MR) is 64.4 cm³/mol. The third-order valence-electron chi connectivity index (χ3n) is 2.32. The van der Waals surface area contributed by atoms with Crippen LogP contribution >= 0.6 is 0 Å². The molecule has 0 radical (unpaired) electrons. The number of phenolic OH excluding ortho intramolecular Hbond substituents is 1. The van der Waals surface area contributed by atoms with Crippen LogP contribution < -0.4 is 10.1 Å². The second-order valence-corrected chi connectivity index (χ2v) is 3.70. The Morgan fingerprint density at radius 2 is 2.31 bits per heavy atom. The maximum Gasteiger partial charge on any atom is 0.160 e. The summed E-state index contributed by atoms with van der Waals surface area (Å²) in [5, 5.41) is 12.8. The van der Waals surface area contributed by atoms with Gasteiger partial charge in [-0.05, 0) is 24.6 Å². The minimum Gasteiger partial charge on any atom is -0.504 e. The van der Waals surface area contributed by atoms with Gasteiger partial charge in [-0.2, -0.15) is 0 Å². The van der Waals surface area contributed by atoms with Gasteiger partial charge in [-0.25, -0.2) is 0 Å². The Bertz CT molecular complexity index is 382. The molecule has 0 aliphatic rings. The van der Waals surface area contributed by atoms with Gasteiger partial charge in [0.15, 0.2) is 11.5 Å². The molecule has 2 N–H and O–H groups in total. The first-order valence-electron chi connectivity index (χ1n) is 5.20. The fourth-order valence-corrected chi connectivity index (χ4v) is 1.39. The Kier molecular flexibility index (Phi) is 4.68. The second-order valence-electron chi connectivity index (χ2n) is 3.70. The molecule has 0 saturated heterocycles. The lowest BCUT2D eigenvalue weighted by molar-refractivity contribution is 0.373. The molecule has 3 nitrogen and oxygen atoms in total. The molecule has 0 aliphatic carbocycles. The molecule has 1 aromatic rings. The molecule has 1 rings (SSSR count). The van der Waals surface area contributed by atoms with Crippen LogP contribution in [0.3, 0.4) is 0 Å². The van der Waals surface area contributed by atoms with Crippen LogP contribution in [0.15, 0.2) is 18.2 Å². The Balaban J connectivity index is 2.55. The number of rotatable bonds is 5. The van der Waals surface area contributed by atoms with Gasteiger partial charge in [0.25, 0.3) is 0 Å². The van der Waals surface area contributed by atoms with E-state index in [1.165, 1.54) is 7.11 Å². The molecule has 16 heavy (non-hydrogen) atoms. The highest BCUT2D eigenvalue weighted by Gasteiger charge is 2.03. The Morgan fingerprint density at radius 3 is 2.88 bits per heavy atom. The molecule has 0 aromatic heterocycles. The highest BCUT2D eigenvalue weighted by Crippen LogP contribution is 2.26. The van der Waals surface area contributed by atoms with Crippen molar-refractivity contribution in [3.8, 4) is 23.8 Å². The Morgan fingerprint density at radius 1 is 1.56 bits per heavy atom. The van der Waals surface area contributed by atoms with Crippen LogP contribution in [0.4, 0.5) is 0 Å². The van der Waals surface area contributed by atoms with Gasteiger partial charge in [-0.15, -0.1) is 12.3 Å². The largest absolute Gasteiger partial charge is 0.504 e. The molecular weight excluding hydrogens is 202 g/mol. The lowest BCUT2D eigenvalue weighted by Crippen LogP contribution is -2.24. The fourth-order valence-electron chi connectivity index (χ4n) is 1.39. The Labute approximate surface area is 96.4 Å². The molecule has 1 aromatic carbocycles. The molecule has 0 heterocycles. The quantitative estimate of drug-likeness (QED) is 0.743. The number of ether oxygens (including phenoxy) is 1. The van der Waals surface area contributed by atoms with E-state index in [0.717, 1.165) is 5.56 Å². The summed E-state index contributed by atoms with van der Waals surface area (Å²) in [7, 11) is 1.53. The number of hydrogen-bond donors (Lipinski definition) is 2. The number of methoxy groups -OCH3 is 1. The van der Waals surface area contributed by atoms with Crippen molar-refractivity contribution in [3.63, 3.8) is 0 Å². The van der Waals surface area contributed by atoms with Crippen molar-refractivity contribution < 1.29 is 9.84 Å². The lowest BCUT2D eigenvalue weighted by Gasteiger charge is -2.11. The second kappa shape index (κ2) is 6.04. The average Bonchev–Trinajstić information content (AvgIpc) is 2.27. The van der Waals surface area contributed by atoms with Crippen molar-refractivity contribution in [3.05, 3.63) is 23.8 Å². The van der Waals surface area contributed by atoms with Crippen molar-refractivity contribution in [2.45, 2.75) is 25.9 Å². The molecule has 86 valence electrons. The maximum absolute atomic E-state index is 9.57. The zero-order chi connectivity index (χ0) is 12.0. The summed E-state index contributed by atoms with van der Waals surface area (Å²) in [5.74, 6) is 3.25. The summed E-state index contributed by atoms with van der Waals surface area (Å²) in [4.78, 5) is 0. The molecule has 0 amide bonds. The SMILES string of the molecule is C#CCC(C)NCc1ccc(OC)c(O)c1. The molecule has 0 fully saturated rings. The van der Waals surface area contributed by atoms with Gasteiger partial charge in [0, 0.05) is 19.0 Å². The van der Waals surface area contributed by atoms with Gasteiger partial charge in [0.2, 0.25) is 0 Å². The van der Waals surface area contributed by atoms with E-state index in [1.54, 1.807) is 12.1 Å². The van der Waals surface area contributed by atoms with Crippen LogP contribution in [0.5, 0.6) is 11.5 Å². The van der Waals surface area contributed by atoms with Crippen LogP contribution in [0.1, 0.15) is 18.9 Å². The summed E-state index contributed by atoms with van der Waals surface area (Å²) in [5.41, 5.74) is 1.00. The molecule has 1 unspecified atom stereocenters. The van der Waals surface area contributed by atoms with Crippen molar-refractivity contribution in [1.29, 1.82) is 0 Å². The van der Waals surface area contributed by atoms with Crippen molar-refractivity contribution >= 4 is 0 Å². The average molecular weight is 219 g/mol. The smallest absolute Gasteiger partial charge is 0.160 e.